The van der Waals surface area contributed by atoms with E-state index in [2.05, 4.69) is 26.0 Å². The number of phosphoric ester groups is 1. The third kappa shape index (κ3) is 42.4. The summed E-state index contributed by atoms with van der Waals surface area (Å²) < 4.78 is 33.9. The van der Waals surface area contributed by atoms with E-state index in [4.69, 9.17) is 18.5 Å². The van der Waals surface area contributed by atoms with Gasteiger partial charge in [0.2, 0.25) is 0 Å². The van der Waals surface area contributed by atoms with Crippen LogP contribution in [0.2, 0.25) is 0 Å². The van der Waals surface area contributed by atoms with Gasteiger partial charge in [0.25, 0.3) is 7.82 Å². The van der Waals surface area contributed by atoms with Crippen LogP contribution >= 0.6 is 7.82 Å². The number of carbonyl (C=O) groups is 2. The van der Waals surface area contributed by atoms with Crippen molar-refractivity contribution in [2.24, 2.45) is 0 Å². The van der Waals surface area contributed by atoms with Gasteiger partial charge in [-0.3, -0.25) is 14.2 Å². The number of quaternary nitrogens is 1. The molecule has 2 atom stereocenters. The monoisotopic (exact) mass is 816 g/mol. The van der Waals surface area contributed by atoms with Crippen LogP contribution in [-0.4, -0.2) is 70.0 Å². The summed E-state index contributed by atoms with van der Waals surface area (Å²) in [6.07, 6.45) is 40.9. The SMILES string of the molecule is CCCCCCCCC/C=C\CCCCCCCC(=O)O[C@H](COC(=O)CCCCCCCCCCCCCCCCCC)COP(=O)([O-])OCC[N+](C)(C)C. The van der Waals surface area contributed by atoms with Crippen LogP contribution in [0.5, 0.6) is 0 Å². The molecule has 0 aromatic heterocycles. The Morgan fingerprint density at radius 2 is 0.911 bits per heavy atom. The van der Waals surface area contributed by atoms with Gasteiger partial charge in [-0.1, -0.05) is 180 Å². The number of hydrogen-bond acceptors (Lipinski definition) is 8. The number of esters is 2. The van der Waals surface area contributed by atoms with E-state index >= 15 is 0 Å². The molecule has 0 rings (SSSR count). The quantitative estimate of drug-likeness (QED) is 0.0197. The summed E-state index contributed by atoms with van der Waals surface area (Å²) in [7, 11) is 1.17. The first-order valence-corrected chi connectivity index (χ1v) is 24.9. The average Bonchev–Trinajstić information content (AvgIpc) is 3.15. The van der Waals surface area contributed by atoms with Crippen LogP contribution in [0.4, 0.5) is 0 Å². The normalized spacial score (nSPS) is 13.6. The number of nitrogens with zero attached hydrogens (tertiary/aromatic N) is 1. The lowest BCUT2D eigenvalue weighted by atomic mass is 10.0. The molecule has 0 radical (unpaired) electrons. The molecule has 0 aromatic rings. The predicted molar refractivity (Wildman–Crippen MR) is 231 cm³/mol. The Morgan fingerprint density at radius 1 is 0.536 bits per heavy atom. The highest BCUT2D eigenvalue weighted by atomic mass is 31.2. The van der Waals surface area contributed by atoms with E-state index in [1.54, 1.807) is 0 Å². The molecule has 1 unspecified atom stereocenters. The Morgan fingerprint density at radius 3 is 1.32 bits per heavy atom. The number of phosphoric acid groups is 1. The van der Waals surface area contributed by atoms with Crippen LogP contribution in [0.15, 0.2) is 12.2 Å². The van der Waals surface area contributed by atoms with Crippen LogP contribution < -0.4 is 4.89 Å². The van der Waals surface area contributed by atoms with Crippen molar-refractivity contribution < 1.29 is 42.1 Å². The summed E-state index contributed by atoms with van der Waals surface area (Å²) in [6, 6.07) is 0. The van der Waals surface area contributed by atoms with E-state index in [1.165, 1.54) is 135 Å². The van der Waals surface area contributed by atoms with Crippen molar-refractivity contribution in [2.75, 3.05) is 47.5 Å². The first-order chi connectivity index (χ1) is 27.0. The van der Waals surface area contributed by atoms with Gasteiger partial charge in [0.05, 0.1) is 27.7 Å². The summed E-state index contributed by atoms with van der Waals surface area (Å²) in [6.45, 7) is 4.25. The van der Waals surface area contributed by atoms with Gasteiger partial charge in [0, 0.05) is 12.8 Å². The smallest absolute Gasteiger partial charge is 0.306 e. The summed E-state index contributed by atoms with van der Waals surface area (Å²) >= 11 is 0. The van der Waals surface area contributed by atoms with Crippen molar-refractivity contribution in [1.29, 1.82) is 0 Å². The van der Waals surface area contributed by atoms with E-state index in [1.807, 2.05) is 21.1 Å². The van der Waals surface area contributed by atoms with Gasteiger partial charge in [-0.05, 0) is 38.5 Å². The van der Waals surface area contributed by atoms with Crippen molar-refractivity contribution in [1.82, 2.24) is 0 Å². The molecule has 0 aliphatic rings. The minimum atomic E-state index is -4.62. The second-order valence-electron chi connectivity index (χ2n) is 17.1. The lowest BCUT2D eigenvalue weighted by Crippen LogP contribution is -2.37. The van der Waals surface area contributed by atoms with Crippen molar-refractivity contribution in [2.45, 2.75) is 225 Å². The van der Waals surface area contributed by atoms with Crippen LogP contribution in [0.1, 0.15) is 219 Å². The second-order valence-corrected chi connectivity index (χ2v) is 18.5. The predicted octanol–water partition coefficient (Wildman–Crippen LogP) is 12.7. The maximum absolute atomic E-state index is 12.7. The molecule has 0 bridgehead atoms. The zero-order valence-corrected chi connectivity index (χ0v) is 38.2. The molecule has 0 saturated heterocycles. The molecular formula is C46H90NO8P. The van der Waals surface area contributed by atoms with Gasteiger partial charge < -0.3 is 27.9 Å². The number of carbonyl (C=O) groups excluding carboxylic acids is 2. The van der Waals surface area contributed by atoms with E-state index in [-0.39, 0.29) is 32.0 Å². The van der Waals surface area contributed by atoms with E-state index in [0.717, 1.165) is 51.4 Å². The van der Waals surface area contributed by atoms with Gasteiger partial charge >= 0.3 is 11.9 Å². The molecule has 0 aliphatic heterocycles. The molecule has 0 N–H and O–H groups in total. The minimum absolute atomic E-state index is 0.0292. The Hall–Kier alpha value is -1.25. The maximum atomic E-state index is 12.7. The van der Waals surface area contributed by atoms with Crippen molar-refractivity contribution >= 4 is 19.8 Å². The highest BCUT2D eigenvalue weighted by Gasteiger charge is 2.21. The third-order valence-electron chi connectivity index (χ3n) is 10.3. The standard InChI is InChI=1S/C46H90NO8P/c1-6-8-10-12-14-16-18-20-22-24-26-28-30-32-34-36-38-45(48)52-42-44(43-54-56(50,51)53-41-40-47(3,4)5)55-46(49)39-37-35-33-31-29-27-25-23-21-19-17-15-13-11-9-7-2/h23,25,44H,6-22,24,26-43H2,1-5H3/b25-23-/t44-/m1/s1. The molecule has 0 amide bonds. The first kappa shape index (κ1) is 54.8. The Bertz CT molecular complexity index is 969. The van der Waals surface area contributed by atoms with Gasteiger partial charge in [-0.15, -0.1) is 0 Å². The molecule has 0 fully saturated rings. The van der Waals surface area contributed by atoms with Gasteiger partial charge in [0.15, 0.2) is 6.10 Å². The zero-order valence-electron chi connectivity index (χ0n) is 37.3. The molecule has 0 saturated carbocycles. The topological polar surface area (TPSA) is 111 Å². The highest BCUT2D eigenvalue weighted by molar-refractivity contribution is 7.45. The molecule has 332 valence electrons. The van der Waals surface area contributed by atoms with Crippen molar-refractivity contribution in [3.63, 3.8) is 0 Å². The molecule has 56 heavy (non-hydrogen) atoms. The zero-order chi connectivity index (χ0) is 41.4. The Kier molecular flexibility index (Phi) is 38.3. The number of allylic oxidation sites excluding steroid dienone is 2. The van der Waals surface area contributed by atoms with Crippen LogP contribution in [0.3, 0.4) is 0 Å². The van der Waals surface area contributed by atoms with E-state index in [0.29, 0.717) is 17.4 Å². The molecule has 0 spiro atoms. The lowest BCUT2D eigenvalue weighted by molar-refractivity contribution is -0.870. The lowest BCUT2D eigenvalue weighted by Gasteiger charge is -2.28. The van der Waals surface area contributed by atoms with Crippen LogP contribution in [0, 0.1) is 0 Å². The van der Waals surface area contributed by atoms with Crippen molar-refractivity contribution in [3.05, 3.63) is 12.2 Å². The summed E-state index contributed by atoms with van der Waals surface area (Å²) in [4.78, 5) is 37.6. The molecular weight excluding hydrogens is 725 g/mol. The van der Waals surface area contributed by atoms with E-state index < -0.39 is 26.5 Å². The average molecular weight is 816 g/mol. The molecule has 0 aliphatic carbocycles. The molecule has 10 heteroatoms. The highest BCUT2D eigenvalue weighted by Crippen LogP contribution is 2.38. The number of rotatable bonds is 43. The summed E-state index contributed by atoms with van der Waals surface area (Å²) in [5.74, 6) is -0.832. The van der Waals surface area contributed by atoms with Gasteiger partial charge in [0.1, 0.15) is 19.8 Å². The van der Waals surface area contributed by atoms with Crippen LogP contribution in [-0.2, 0) is 32.7 Å². The third-order valence-corrected chi connectivity index (χ3v) is 11.2. The van der Waals surface area contributed by atoms with Crippen molar-refractivity contribution in [3.8, 4) is 0 Å². The molecule has 0 aromatic carbocycles. The Balaban J connectivity index is 4.31. The van der Waals surface area contributed by atoms with E-state index in [9.17, 15) is 19.0 Å². The fraction of sp³-hybridized carbons (Fsp3) is 0.913. The minimum Gasteiger partial charge on any atom is -0.756 e. The summed E-state index contributed by atoms with van der Waals surface area (Å²) in [5.41, 5.74) is 0. The Labute approximate surface area is 346 Å². The van der Waals surface area contributed by atoms with Crippen LogP contribution in [0.25, 0.3) is 0 Å². The largest absolute Gasteiger partial charge is 0.756 e. The number of likely N-dealkylation sites (N-methyl/N-ethyl adjacent to an activating group) is 1. The molecule has 0 heterocycles. The molecule has 9 nitrogen and oxygen atoms in total. The second kappa shape index (κ2) is 39.2. The maximum Gasteiger partial charge on any atom is 0.306 e. The fourth-order valence-electron chi connectivity index (χ4n) is 6.59. The number of ether oxygens (including phenoxy) is 2. The summed E-state index contributed by atoms with van der Waals surface area (Å²) in [5, 5.41) is 0. The fourth-order valence-corrected chi connectivity index (χ4v) is 7.32. The van der Waals surface area contributed by atoms with Gasteiger partial charge in [-0.2, -0.15) is 0 Å². The number of unbranched alkanes of at least 4 members (excludes halogenated alkanes) is 27. The van der Waals surface area contributed by atoms with Gasteiger partial charge in [-0.25, -0.2) is 0 Å². The number of hydrogen-bond donors (Lipinski definition) is 0. The first-order valence-electron chi connectivity index (χ1n) is 23.4.